The molecule has 0 unspecified atom stereocenters. The number of nitrogens with zero attached hydrogens (tertiary/aromatic N) is 5. The maximum absolute atomic E-state index is 13.0. The lowest BCUT2D eigenvalue weighted by Gasteiger charge is -2.30. The molecule has 1 saturated heterocycles. The van der Waals surface area contributed by atoms with Gasteiger partial charge in [0.25, 0.3) is 5.91 Å². The summed E-state index contributed by atoms with van der Waals surface area (Å²) in [7, 11) is 3.90. The minimum absolute atomic E-state index is 0.119. The topological polar surface area (TPSA) is 67.4 Å². The van der Waals surface area contributed by atoms with E-state index >= 15 is 0 Å². The summed E-state index contributed by atoms with van der Waals surface area (Å²) in [4.78, 5) is 16.9. The Morgan fingerprint density at radius 1 is 1.21 bits per heavy atom. The van der Waals surface area contributed by atoms with Gasteiger partial charge >= 0.3 is 0 Å². The molecule has 0 N–H and O–H groups in total. The van der Waals surface area contributed by atoms with E-state index in [4.69, 9.17) is 9.62 Å². The molecule has 146 valence electrons. The monoisotopic (exact) mass is 379 g/mol. The Hall–Kier alpha value is -2.93. The number of carbonyl (C=O) groups is 1. The third kappa shape index (κ3) is 3.84. The lowest BCUT2D eigenvalue weighted by molar-refractivity contribution is 0.0774. The molecular weight excluding hydrogens is 354 g/mol. The fourth-order valence-electron chi connectivity index (χ4n) is 3.67. The first-order chi connectivity index (χ1) is 13.6. The Kier molecular flexibility index (Phi) is 5.25. The Labute approximate surface area is 164 Å². The van der Waals surface area contributed by atoms with Crippen molar-refractivity contribution in [2.75, 3.05) is 27.2 Å². The van der Waals surface area contributed by atoms with Gasteiger partial charge in [0.15, 0.2) is 5.69 Å². The maximum Gasteiger partial charge on any atom is 0.274 e. The van der Waals surface area contributed by atoms with Crippen LogP contribution >= 0.6 is 0 Å². The van der Waals surface area contributed by atoms with Crippen LogP contribution in [0.2, 0.25) is 0 Å². The molecule has 1 fully saturated rings. The number of aromatic nitrogens is 3. The van der Waals surface area contributed by atoms with E-state index in [0.717, 1.165) is 37.2 Å². The van der Waals surface area contributed by atoms with Gasteiger partial charge in [-0.15, -0.1) is 0 Å². The molecule has 7 heteroatoms. The maximum atomic E-state index is 13.0. The zero-order valence-corrected chi connectivity index (χ0v) is 16.3. The minimum atomic E-state index is -0.119. The SMILES string of the molecule is CN1CCC(n2nc(C(=O)N(C)Cc3ccon3)cc2-c2ccccc2)CC1. The van der Waals surface area contributed by atoms with Crippen molar-refractivity contribution < 1.29 is 9.32 Å². The second kappa shape index (κ2) is 7.98. The summed E-state index contributed by atoms with van der Waals surface area (Å²) in [5.41, 5.74) is 3.25. The van der Waals surface area contributed by atoms with E-state index in [-0.39, 0.29) is 5.91 Å². The lowest BCUT2D eigenvalue weighted by Crippen LogP contribution is -2.32. The van der Waals surface area contributed by atoms with Gasteiger partial charge in [0.2, 0.25) is 0 Å². The van der Waals surface area contributed by atoms with Gasteiger partial charge in [-0.3, -0.25) is 9.48 Å². The van der Waals surface area contributed by atoms with Gasteiger partial charge in [-0.1, -0.05) is 35.5 Å². The first-order valence-electron chi connectivity index (χ1n) is 9.60. The van der Waals surface area contributed by atoms with Crippen molar-refractivity contribution in [1.29, 1.82) is 0 Å². The first-order valence-corrected chi connectivity index (χ1v) is 9.60. The molecule has 2 aromatic heterocycles. The van der Waals surface area contributed by atoms with Crippen LogP contribution in [0, 0.1) is 0 Å². The van der Waals surface area contributed by atoms with Gasteiger partial charge < -0.3 is 14.3 Å². The zero-order valence-electron chi connectivity index (χ0n) is 16.3. The van der Waals surface area contributed by atoms with Crippen molar-refractivity contribution >= 4 is 5.91 Å². The van der Waals surface area contributed by atoms with Crippen LogP contribution in [0.1, 0.15) is 35.1 Å². The van der Waals surface area contributed by atoms with Gasteiger partial charge in [0.05, 0.1) is 18.3 Å². The number of amides is 1. The van der Waals surface area contributed by atoms with E-state index < -0.39 is 0 Å². The summed E-state index contributed by atoms with van der Waals surface area (Å²) >= 11 is 0. The molecule has 0 radical (unpaired) electrons. The summed E-state index contributed by atoms with van der Waals surface area (Å²) in [6.45, 7) is 2.46. The Balaban J connectivity index is 1.63. The molecule has 1 amide bonds. The van der Waals surface area contributed by atoms with Crippen LogP contribution < -0.4 is 0 Å². The average Bonchev–Trinajstić information content (AvgIpc) is 3.39. The van der Waals surface area contributed by atoms with Crippen LogP contribution in [0.4, 0.5) is 0 Å². The highest BCUT2D eigenvalue weighted by molar-refractivity contribution is 5.93. The average molecular weight is 379 g/mol. The summed E-state index contributed by atoms with van der Waals surface area (Å²) in [6.07, 6.45) is 3.57. The Morgan fingerprint density at radius 3 is 2.64 bits per heavy atom. The van der Waals surface area contributed by atoms with Gasteiger partial charge in [0.1, 0.15) is 12.0 Å². The number of hydrogen-bond donors (Lipinski definition) is 0. The van der Waals surface area contributed by atoms with Crippen LogP contribution in [-0.4, -0.2) is 57.8 Å². The van der Waals surface area contributed by atoms with Crippen LogP contribution in [-0.2, 0) is 6.54 Å². The summed E-state index contributed by atoms with van der Waals surface area (Å²) in [5, 5.41) is 8.63. The van der Waals surface area contributed by atoms with Gasteiger partial charge in [-0.05, 0) is 44.6 Å². The summed E-state index contributed by atoms with van der Waals surface area (Å²) in [5.74, 6) is -0.119. The highest BCUT2D eigenvalue weighted by Gasteiger charge is 2.25. The predicted molar refractivity (Wildman–Crippen MR) is 106 cm³/mol. The lowest BCUT2D eigenvalue weighted by atomic mass is 10.0. The molecule has 1 aliphatic heterocycles. The molecule has 0 bridgehead atoms. The zero-order chi connectivity index (χ0) is 19.5. The summed E-state index contributed by atoms with van der Waals surface area (Å²) in [6, 6.07) is 14.1. The van der Waals surface area contributed by atoms with Gasteiger partial charge in [-0.2, -0.15) is 5.10 Å². The molecule has 0 saturated carbocycles. The van der Waals surface area contributed by atoms with Crippen LogP contribution in [0.15, 0.2) is 53.3 Å². The van der Waals surface area contributed by atoms with Crippen molar-refractivity contribution in [1.82, 2.24) is 24.7 Å². The molecule has 1 aromatic carbocycles. The number of hydrogen-bond acceptors (Lipinski definition) is 5. The molecule has 3 aromatic rings. The summed E-state index contributed by atoms with van der Waals surface area (Å²) < 4.78 is 6.91. The molecule has 0 spiro atoms. The third-order valence-electron chi connectivity index (χ3n) is 5.30. The number of likely N-dealkylation sites (tertiary alicyclic amines) is 1. The largest absolute Gasteiger partial charge is 0.364 e. The number of carbonyl (C=O) groups excluding carboxylic acids is 1. The highest BCUT2D eigenvalue weighted by Crippen LogP contribution is 2.29. The fourth-order valence-corrected chi connectivity index (χ4v) is 3.67. The molecule has 3 heterocycles. The van der Waals surface area contributed by atoms with E-state index in [1.807, 2.05) is 24.3 Å². The van der Waals surface area contributed by atoms with Crippen LogP contribution in [0.3, 0.4) is 0 Å². The van der Waals surface area contributed by atoms with Crippen molar-refractivity contribution in [3.63, 3.8) is 0 Å². The molecule has 1 aliphatic rings. The molecule has 7 nitrogen and oxygen atoms in total. The quantitative estimate of drug-likeness (QED) is 0.681. The Bertz CT molecular complexity index is 912. The minimum Gasteiger partial charge on any atom is -0.364 e. The van der Waals surface area contributed by atoms with E-state index in [2.05, 4.69) is 33.9 Å². The van der Waals surface area contributed by atoms with Gasteiger partial charge in [-0.25, -0.2) is 0 Å². The second-order valence-corrected chi connectivity index (χ2v) is 7.41. The third-order valence-corrected chi connectivity index (χ3v) is 5.30. The van der Waals surface area contributed by atoms with E-state index in [1.54, 1.807) is 18.0 Å². The van der Waals surface area contributed by atoms with Crippen LogP contribution in [0.25, 0.3) is 11.3 Å². The molecular formula is C21H25N5O2. The number of rotatable bonds is 5. The molecule has 4 rings (SSSR count). The predicted octanol–water partition coefficient (Wildman–Crippen LogP) is 3.08. The molecule has 28 heavy (non-hydrogen) atoms. The van der Waals surface area contributed by atoms with Gasteiger partial charge in [0, 0.05) is 13.1 Å². The number of piperidine rings is 1. The van der Waals surface area contributed by atoms with Crippen molar-refractivity contribution in [3.05, 3.63) is 60.1 Å². The normalized spacial score (nSPS) is 15.6. The molecule has 0 aliphatic carbocycles. The Morgan fingerprint density at radius 2 is 1.96 bits per heavy atom. The smallest absolute Gasteiger partial charge is 0.274 e. The van der Waals surface area contributed by atoms with E-state index in [1.165, 1.54) is 6.26 Å². The van der Waals surface area contributed by atoms with E-state index in [9.17, 15) is 4.79 Å². The second-order valence-electron chi connectivity index (χ2n) is 7.41. The first kappa shape index (κ1) is 18.4. The van der Waals surface area contributed by atoms with Crippen molar-refractivity contribution in [2.45, 2.75) is 25.4 Å². The molecule has 0 atom stereocenters. The number of benzene rings is 1. The standard InChI is InChI=1S/C21H25N5O2/c1-24-11-8-18(9-12-24)26-20(16-6-4-3-5-7-16)14-19(22-26)21(27)25(2)15-17-10-13-28-23-17/h3-7,10,13-14,18H,8-9,11-12,15H2,1-2H3. The highest BCUT2D eigenvalue weighted by atomic mass is 16.5. The fraction of sp³-hybridized carbons (Fsp3) is 0.381. The van der Waals surface area contributed by atoms with E-state index in [0.29, 0.717) is 24.0 Å². The van der Waals surface area contributed by atoms with Crippen molar-refractivity contribution in [3.8, 4) is 11.3 Å². The van der Waals surface area contributed by atoms with Crippen LogP contribution in [0.5, 0.6) is 0 Å². The van der Waals surface area contributed by atoms with Crippen molar-refractivity contribution in [2.24, 2.45) is 0 Å².